The average molecular weight is 480 g/mol. The summed E-state index contributed by atoms with van der Waals surface area (Å²) in [5.74, 6) is -1.73. The summed E-state index contributed by atoms with van der Waals surface area (Å²) in [4.78, 5) is 36.0. The molecule has 34 heavy (non-hydrogen) atoms. The van der Waals surface area contributed by atoms with E-state index < -0.39 is 17.9 Å². The van der Waals surface area contributed by atoms with Gasteiger partial charge in [-0.1, -0.05) is 55.8 Å². The highest BCUT2D eigenvalue weighted by molar-refractivity contribution is 6.31. The summed E-state index contributed by atoms with van der Waals surface area (Å²) < 4.78 is 0. The standard InChI is InChI=1S/C26H26ClN3O4/c1-15(2)23(25(32)33)30-24(31)19-7-5-17(6-8-19)18-9-12-20(13-10-18)28-26(34)29-21-11-4-16(3)22(27)14-21/h4-15,23H,1-3H3,(H,30,31)(H,32,33)(H2,28,29,34)/t23-/m0/s1. The number of carbonyl (C=O) groups is 3. The Morgan fingerprint density at radius 3 is 1.88 bits per heavy atom. The number of aryl methyl sites for hydroxylation is 1. The number of nitrogens with one attached hydrogen (secondary N) is 3. The first kappa shape index (κ1) is 24.8. The van der Waals surface area contributed by atoms with E-state index in [9.17, 15) is 19.5 Å². The molecule has 0 radical (unpaired) electrons. The predicted molar refractivity (Wildman–Crippen MR) is 134 cm³/mol. The average Bonchev–Trinajstić information content (AvgIpc) is 2.80. The van der Waals surface area contributed by atoms with Gasteiger partial charge in [0.1, 0.15) is 6.04 Å². The third kappa shape index (κ3) is 6.36. The first-order chi connectivity index (χ1) is 16.1. The molecule has 0 heterocycles. The Morgan fingerprint density at radius 1 is 0.824 bits per heavy atom. The maximum atomic E-state index is 12.4. The normalized spacial score (nSPS) is 11.6. The molecule has 3 aromatic rings. The molecule has 4 N–H and O–H groups in total. The van der Waals surface area contributed by atoms with Crippen LogP contribution in [-0.4, -0.2) is 29.1 Å². The van der Waals surface area contributed by atoms with E-state index in [1.807, 2.05) is 25.1 Å². The van der Waals surface area contributed by atoms with Gasteiger partial charge in [0, 0.05) is 22.0 Å². The minimum Gasteiger partial charge on any atom is -0.480 e. The first-order valence-corrected chi connectivity index (χ1v) is 11.1. The van der Waals surface area contributed by atoms with Gasteiger partial charge in [0.05, 0.1) is 0 Å². The molecule has 176 valence electrons. The van der Waals surface area contributed by atoms with E-state index in [2.05, 4.69) is 16.0 Å². The van der Waals surface area contributed by atoms with E-state index in [0.717, 1.165) is 16.7 Å². The molecule has 1 atom stereocenters. The molecular weight excluding hydrogens is 454 g/mol. The van der Waals surface area contributed by atoms with Crippen molar-refractivity contribution < 1.29 is 19.5 Å². The van der Waals surface area contributed by atoms with Crippen LogP contribution in [0, 0.1) is 12.8 Å². The molecule has 0 fully saturated rings. The van der Waals surface area contributed by atoms with Gasteiger partial charge in [0.2, 0.25) is 0 Å². The van der Waals surface area contributed by atoms with Gasteiger partial charge in [-0.25, -0.2) is 9.59 Å². The van der Waals surface area contributed by atoms with E-state index in [1.165, 1.54) is 0 Å². The lowest BCUT2D eigenvalue weighted by Gasteiger charge is -2.18. The van der Waals surface area contributed by atoms with Crippen LogP contribution in [-0.2, 0) is 4.79 Å². The zero-order valence-electron chi connectivity index (χ0n) is 19.1. The number of halogens is 1. The van der Waals surface area contributed by atoms with Crippen molar-refractivity contribution in [1.29, 1.82) is 0 Å². The van der Waals surface area contributed by atoms with Gasteiger partial charge in [-0.3, -0.25) is 4.79 Å². The third-order valence-electron chi connectivity index (χ3n) is 5.27. The molecule has 3 amide bonds. The predicted octanol–water partition coefficient (Wildman–Crippen LogP) is 5.80. The number of hydrogen-bond acceptors (Lipinski definition) is 3. The number of urea groups is 1. The van der Waals surface area contributed by atoms with E-state index in [4.69, 9.17) is 11.6 Å². The highest BCUT2D eigenvalue weighted by atomic mass is 35.5. The van der Waals surface area contributed by atoms with Gasteiger partial charge in [-0.2, -0.15) is 0 Å². The van der Waals surface area contributed by atoms with Gasteiger partial charge < -0.3 is 21.1 Å². The number of carboxylic acids is 1. The Hall–Kier alpha value is -3.84. The zero-order chi connectivity index (χ0) is 24.8. The highest BCUT2D eigenvalue weighted by Gasteiger charge is 2.23. The Morgan fingerprint density at radius 2 is 1.35 bits per heavy atom. The second kappa shape index (κ2) is 10.9. The summed E-state index contributed by atoms with van der Waals surface area (Å²) in [5.41, 5.74) is 4.29. The van der Waals surface area contributed by atoms with Crippen LogP contribution >= 0.6 is 11.6 Å². The molecule has 0 unspecified atom stereocenters. The van der Waals surface area contributed by atoms with Crippen molar-refractivity contribution in [3.8, 4) is 11.1 Å². The summed E-state index contributed by atoms with van der Waals surface area (Å²) in [7, 11) is 0. The van der Waals surface area contributed by atoms with Crippen molar-refractivity contribution in [3.05, 3.63) is 82.9 Å². The lowest BCUT2D eigenvalue weighted by atomic mass is 10.0. The molecule has 0 aromatic heterocycles. The monoisotopic (exact) mass is 479 g/mol. The Balaban J connectivity index is 1.61. The summed E-state index contributed by atoms with van der Waals surface area (Å²) in [6, 6.07) is 18.1. The summed E-state index contributed by atoms with van der Waals surface area (Å²) in [6.07, 6.45) is 0. The van der Waals surface area contributed by atoms with Crippen LogP contribution in [0.1, 0.15) is 29.8 Å². The van der Waals surface area contributed by atoms with Gasteiger partial charge in [-0.05, 0) is 65.9 Å². The number of carbonyl (C=O) groups excluding carboxylic acids is 2. The Bertz CT molecular complexity index is 1190. The topological polar surface area (TPSA) is 108 Å². The summed E-state index contributed by atoms with van der Waals surface area (Å²) in [6.45, 7) is 5.36. The fraction of sp³-hybridized carbons (Fsp3) is 0.192. The lowest BCUT2D eigenvalue weighted by molar-refractivity contribution is -0.140. The molecule has 7 nitrogen and oxygen atoms in total. The van der Waals surface area contributed by atoms with E-state index >= 15 is 0 Å². The third-order valence-corrected chi connectivity index (χ3v) is 5.68. The number of anilines is 2. The Kier molecular flexibility index (Phi) is 7.91. The van der Waals surface area contributed by atoms with Crippen LogP contribution in [0.2, 0.25) is 5.02 Å². The Labute approximate surface area is 203 Å². The van der Waals surface area contributed by atoms with E-state index in [1.54, 1.807) is 62.4 Å². The fourth-order valence-corrected chi connectivity index (χ4v) is 3.44. The molecule has 8 heteroatoms. The second-order valence-corrected chi connectivity index (χ2v) is 8.64. The van der Waals surface area contributed by atoms with Crippen LogP contribution in [0.4, 0.5) is 16.2 Å². The van der Waals surface area contributed by atoms with Crippen LogP contribution in [0.15, 0.2) is 66.7 Å². The molecule has 0 aliphatic carbocycles. The maximum absolute atomic E-state index is 12.4. The molecule has 0 aliphatic rings. The number of carboxylic acid groups (broad SMARTS) is 1. The van der Waals surface area contributed by atoms with Crippen molar-refractivity contribution in [3.63, 3.8) is 0 Å². The summed E-state index contributed by atoms with van der Waals surface area (Å²) >= 11 is 6.09. The van der Waals surface area contributed by atoms with Gasteiger partial charge in [0.25, 0.3) is 5.91 Å². The van der Waals surface area contributed by atoms with Crippen LogP contribution in [0.25, 0.3) is 11.1 Å². The molecule has 3 aromatic carbocycles. The smallest absolute Gasteiger partial charge is 0.326 e. The first-order valence-electron chi connectivity index (χ1n) is 10.7. The van der Waals surface area contributed by atoms with Crippen LogP contribution in [0.3, 0.4) is 0 Å². The van der Waals surface area contributed by atoms with Crippen LogP contribution < -0.4 is 16.0 Å². The second-order valence-electron chi connectivity index (χ2n) is 8.23. The molecule has 0 bridgehead atoms. The minimum atomic E-state index is -1.06. The van der Waals surface area contributed by atoms with Gasteiger partial charge in [-0.15, -0.1) is 0 Å². The number of rotatable bonds is 7. The van der Waals surface area contributed by atoms with Gasteiger partial charge in [0.15, 0.2) is 0 Å². The molecule has 0 saturated carbocycles. The van der Waals surface area contributed by atoms with Crippen molar-refractivity contribution in [1.82, 2.24) is 5.32 Å². The molecular formula is C26H26ClN3O4. The number of amides is 3. The number of benzene rings is 3. The largest absolute Gasteiger partial charge is 0.480 e. The van der Waals surface area contributed by atoms with Gasteiger partial charge >= 0.3 is 12.0 Å². The molecule has 0 spiro atoms. The maximum Gasteiger partial charge on any atom is 0.326 e. The van der Waals surface area contributed by atoms with Crippen LogP contribution in [0.5, 0.6) is 0 Å². The lowest BCUT2D eigenvalue weighted by Crippen LogP contribution is -2.44. The zero-order valence-corrected chi connectivity index (χ0v) is 19.8. The van der Waals surface area contributed by atoms with Crippen molar-refractivity contribution in [2.45, 2.75) is 26.8 Å². The SMILES string of the molecule is Cc1ccc(NC(=O)Nc2ccc(-c3ccc(C(=O)N[C@H](C(=O)O)C(C)C)cc3)cc2)cc1Cl. The van der Waals surface area contributed by atoms with E-state index in [-0.39, 0.29) is 11.9 Å². The highest BCUT2D eigenvalue weighted by Crippen LogP contribution is 2.23. The van der Waals surface area contributed by atoms with Crippen molar-refractivity contribution in [2.75, 3.05) is 10.6 Å². The van der Waals surface area contributed by atoms with E-state index in [0.29, 0.717) is 22.0 Å². The molecule has 3 rings (SSSR count). The minimum absolute atomic E-state index is 0.232. The molecule has 0 aliphatic heterocycles. The fourth-order valence-electron chi connectivity index (χ4n) is 3.26. The number of aliphatic carboxylic acids is 1. The summed E-state index contributed by atoms with van der Waals surface area (Å²) in [5, 5.41) is 17.9. The van der Waals surface area contributed by atoms with Crippen molar-refractivity contribution >= 4 is 40.9 Å². The molecule has 0 saturated heterocycles. The quantitative estimate of drug-likeness (QED) is 0.343. The number of hydrogen-bond donors (Lipinski definition) is 4. The van der Waals surface area contributed by atoms with Crippen molar-refractivity contribution in [2.24, 2.45) is 5.92 Å².